The van der Waals surface area contributed by atoms with Crippen molar-refractivity contribution in [3.63, 3.8) is 0 Å². The van der Waals surface area contributed by atoms with Gasteiger partial charge in [-0.1, -0.05) is 11.8 Å². The largest absolute Gasteiger partial charge is 0.494 e. The van der Waals surface area contributed by atoms with Gasteiger partial charge in [-0.25, -0.2) is 0 Å². The summed E-state index contributed by atoms with van der Waals surface area (Å²) in [6.07, 6.45) is 1.71. The summed E-state index contributed by atoms with van der Waals surface area (Å²) in [5.41, 5.74) is 2.61. The van der Waals surface area contributed by atoms with Crippen LogP contribution in [0.4, 0.5) is 5.69 Å². The molecule has 0 unspecified atom stereocenters. The molecule has 28 heavy (non-hydrogen) atoms. The SMILES string of the molecule is CN1CCN(CCCOc2ccc(C#Cc3ccc(NC=O)cc3)cc2)CC1. The summed E-state index contributed by atoms with van der Waals surface area (Å²) in [5.74, 6) is 7.16. The third-order valence-corrected chi connectivity index (χ3v) is 4.80. The maximum absolute atomic E-state index is 10.4. The van der Waals surface area contributed by atoms with E-state index in [1.807, 2.05) is 48.5 Å². The van der Waals surface area contributed by atoms with Crippen LogP contribution in [0.5, 0.6) is 5.75 Å². The fourth-order valence-electron chi connectivity index (χ4n) is 3.05. The van der Waals surface area contributed by atoms with Gasteiger partial charge in [-0.3, -0.25) is 4.79 Å². The number of carbonyl (C=O) groups is 1. The van der Waals surface area contributed by atoms with E-state index in [0.29, 0.717) is 6.41 Å². The predicted octanol–water partition coefficient (Wildman–Crippen LogP) is 2.67. The highest BCUT2D eigenvalue weighted by Gasteiger charge is 2.12. The minimum atomic E-state index is 0.663. The van der Waals surface area contributed by atoms with Crippen LogP contribution in [0, 0.1) is 11.8 Å². The van der Waals surface area contributed by atoms with Gasteiger partial charge in [0.05, 0.1) is 6.61 Å². The van der Waals surface area contributed by atoms with E-state index in [4.69, 9.17) is 4.74 Å². The van der Waals surface area contributed by atoms with Crippen molar-refractivity contribution in [3.8, 4) is 17.6 Å². The van der Waals surface area contributed by atoms with E-state index in [1.54, 1.807) is 0 Å². The Morgan fingerprint density at radius 2 is 1.57 bits per heavy atom. The van der Waals surface area contributed by atoms with E-state index >= 15 is 0 Å². The number of hydrogen-bond donors (Lipinski definition) is 1. The topological polar surface area (TPSA) is 44.8 Å². The number of piperazine rings is 1. The highest BCUT2D eigenvalue weighted by atomic mass is 16.5. The summed E-state index contributed by atoms with van der Waals surface area (Å²) in [7, 11) is 2.18. The number of rotatable bonds is 7. The number of hydrogen-bond acceptors (Lipinski definition) is 4. The van der Waals surface area contributed by atoms with Crippen molar-refractivity contribution in [1.82, 2.24) is 9.80 Å². The van der Waals surface area contributed by atoms with Crippen LogP contribution in [-0.2, 0) is 4.79 Å². The van der Waals surface area contributed by atoms with E-state index in [2.05, 4.69) is 34.0 Å². The first kappa shape index (κ1) is 19.9. The van der Waals surface area contributed by atoms with Gasteiger partial charge in [-0.2, -0.15) is 0 Å². The molecule has 5 nitrogen and oxygen atoms in total. The highest BCUT2D eigenvalue weighted by molar-refractivity contribution is 5.71. The number of ether oxygens (including phenoxy) is 1. The van der Waals surface area contributed by atoms with E-state index in [9.17, 15) is 4.79 Å². The average molecular weight is 377 g/mol. The molecule has 2 aromatic carbocycles. The summed E-state index contributed by atoms with van der Waals surface area (Å²) < 4.78 is 5.85. The minimum Gasteiger partial charge on any atom is -0.494 e. The monoisotopic (exact) mass is 377 g/mol. The Morgan fingerprint density at radius 3 is 2.18 bits per heavy atom. The first-order chi connectivity index (χ1) is 13.7. The summed E-state index contributed by atoms with van der Waals surface area (Å²) in [6.45, 7) is 6.45. The molecule has 0 bridgehead atoms. The van der Waals surface area contributed by atoms with Crippen molar-refractivity contribution < 1.29 is 9.53 Å². The van der Waals surface area contributed by atoms with Crippen molar-refractivity contribution in [2.45, 2.75) is 6.42 Å². The van der Waals surface area contributed by atoms with Crippen LogP contribution in [0.15, 0.2) is 48.5 Å². The molecule has 1 saturated heterocycles. The Hall–Kier alpha value is -2.81. The summed E-state index contributed by atoms with van der Waals surface area (Å²) >= 11 is 0. The maximum atomic E-state index is 10.4. The molecule has 0 spiro atoms. The number of benzene rings is 2. The van der Waals surface area contributed by atoms with Crippen molar-refractivity contribution in [3.05, 3.63) is 59.7 Å². The lowest BCUT2D eigenvalue weighted by Gasteiger charge is -2.32. The molecule has 1 aliphatic rings. The minimum absolute atomic E-state index is 0.663. The van der Waals surface area contributed by atoms with Gasteiger partial charge in [0.25, 0.3) is 0 Å². The number of likely N-dealkylation sites (N-methyl/N-ethyl adjacent to an activating group) is 1. The zero-order valence-electron chi connectivity index (χ0n) is 16.4. The number of nitrogens with zero attached hydrogens (tertiary/aromatic N) is 2. The zero-order chi connectivity index (χ0) is 19.6. The second-order valence-corrected chi connectivity index (χ2v) is 6.96. The van der Waals surface area contributed by atoms with Crippen LogP contribution < -0.4 is 10.1 Å². The van der Waals surface area contributed by atoms with Crippen LogP contribution in [0.1, 0.15) is 17.5 Å². The standard InChI is InChI=1S/C23H27N3O2/c1-25-14-16-26(17-15-25)13-2-18-28-23-11-7-21(8-12-23)4-3-20-5-9-22(10-6-20)24-19-27/h5-12,19H,2,13-18H2,1H3,(H,24,27). The molecule has 3 rings (SSSR count). The van der Waals surface area contributed by atoms with Gasteiger partial charge < -0.3 is 19.9 Å². The molecule has 0 aliphatic carbocycles. The van der Waals surface area contributed by atoms with Crippen molar-refractivity contribution in [2.24, 2.45) is 0 Å². The lowest BCUT2D eigenvalue weighted by Crippen LogP contribution is -2.44. The predicted molar refractivity (Wildman–Crippen MR) is 113 cm³/mol. The van der Waals surface area contributed by atoms with Gasteiger partial charge in [0.2, 0.25) is 6.41 Å². The summed E-state index contributed by atoms with van der Waals surface area (Å²) in [4.78, 5) is 15.3. The number of carbonyl (C=O) groups excluding carboxylic acids is 1. The van der Waals surface area contributed by atoms with Crippen LogP contribution >= 0.6 is 0 Å². The van der Waals surface area contributed by atoms with Gasteiger partial charge in [0.1, 0.15) is 5.75 Å². The third-order valence-electron chi connectivity index (χ3n) is 4.80. The molecule has 5 heteroatoms. The normalized spacial score (nSPS) is 14.8. The van der Waals surface area contributed by atoms with Crippen LogP contribution in [0.2, 0.25) is 0 Å². The molecular weight excluding hydrogens is 350 g/mol. The molecule has 1 N–H and O–H groups in total. The second-order valence-electron chi connectivity index (χ2n) is 6.96. The molecule has 1 heterocycles. The summed E-state index contributed by atoms with van der Waals surface area (Å²) in [6, 6.07) is 15.3. The molecule has 0 saturated carbocycles. The Labute approximate surface area is 167 Å². The first-order valence-electron chi connectivity index (χ1n) is 9.69. The van der Waals surface area contributed by atoms with E-state index in [0.717, 1.165) is 68.3 Å². The molecule has 1 fully saturated rings. The lowest BCUT2D eigenvalue weighted by molar-refractivity contribution is -0.105. The lowest BCUT2D eigenvalue weighted by atomic mass is 10.1. The molecule has 0 atom stereocenters. The van der Waals surface area contributed by atoms with E-state index < -0.39 is 0 Å². The highest BCUT2D eigenvalue weighted by Crippen LogP contribution is 2.13. The zero-order valence-corrected chi connectivity index (χ0v) is 16.4. The van der Waals surface area contributed by atoms with Gasteiger partial charge in [0.15, 0.2) is 0 Å². The van der Waals surface area contributed by atoms with E-state index in [1.165, 1.54) is 0 Å². The van der Waals surface area contributed by atoms with Gasteiger partial charge >= 0.3 is 0 Å². The molecule has 2 aromatic rings. The van der Waals surface area contributed by atoms with Crippen molar-refractivity contribution in [2.75, 3.05) is 51.7 Å². The molecule has 1 amide bonds. The molecule has 0 aromatic heterocycles. The van der Waals surface area contributed by atoms with Crippen LogP contribution in [-0.4, -0.2) is 62.6 Å². The molecule has 1 aliphatic heterocycles. The van der Waals surface area contributed by atoms with Crippen LogP contribution in [0.3, 0.4) is 0 Å². The fourth-order valence-corrected chi connectivity index (χ4v) is 3.05. The smallest absolute Gasteiger partial charge is 0.211 e. The molecular formula is C23H27N3O2. The van der Waals surface area contributed by atoms with Crippen molar-refractivity contribution >= 4 is 12.1 Å². The Kier molecular flexibility index (Phi) is 7.48. The van der Waals surface area contributed by atoms with Crippen molar-refractivity contribution in [1.29, 1.82) is 0 Å². The molecule has 146 valence electrons. The Balaban J connectivity index is 1.41. The number of amides is 1. The van der Waals surface area contributed by atoms with Crippen LogP contribution in [0.25, 0.3) is 0 Å². The Morgan fingerprint density at radius 1 is 0.964 bits per heavy atom. The average Bonchev–Trinajstić information content (AvgIpc) is 2.73. The third kappa shape index (κ3) is 6.41. The Bertz CT molecular complexity index is 798. The van der Waals surface area contributed by atoms with Gasteiger partial charge in [-0.05, 0) is 62.0 Å². The number of anilines is 1. The fraction of sp³-hybridized carbons (Fsp3) is 0.348. The quantitative estimate of drug-likeness (QED) is 0.458. The number of nitrogens with one attached hydrogen (secondary N) is 1. The first-order valence-corrected chi connectivity index (χ1v) is 9.69. The maximum Gasteiger partial charge on any atom is 0.211 e. The van der Waals surface area contributed by atoms with Gasteiger partial charge in [0, 0.05) is 49.5 Å². The van der Waals surface area contributed by atoms with E-state index in [-0.39, 0.29) is 0 Å². The molecule has 0 radical (unpaired) electrons. The second kappa shape index (κ2) is 10.5. The van der Waals surface area contributed by atoms with Gasteiger partial charge in [-0.15, -0.1) is 0 Å². The summed E-state index contributed by atoms with van der Waals surface area (Å²) in [5, 5.41) is 2.61.